The average molecular weight is 209 g/mol. The van der Waals surface area contributed by atoms with Crippen molar-refractivity contribution < 1.29 is 14.8 Å². The molecule has 1 rings (SSSR count). The molecule has 0 saturated heterocycles. The predicted octanol–water partition coefficient (Wildman–Crippen LogP) is 2.25. The highest BCUT2D eigenvalue weighted by Crippen LogP contribution is 2.19. The Morgan fingerprint density at radius 1 is 1.53 bits per heavy atom. The van der Waals surface area contributed by atoms with Crippen LogP contribution in [0.4, 0.5) is 5.69 Å². The first-order chi connectivity index (χ1) is 7.06. The number of nitro groups is 1. The molecule has 0 aliphatic heterocycles. The van der Waals surface area contributed by atoms with E-state index in [1.165, 1.54) is 18.2 Å². The molecular formula is C10H11NO4. The van der Waals surface area contributed by atoms with E-state index in [0.717, 1.165) is 6.42 Å². The normalized spacial score (nSPS) is 9.93. The Hall–Kier alpha value is -1.91. The molecule has 15 heavy (non-hydrogen) atoms. The van der Waals surface area contributed by atoms with E-state index in [2.05, 4.69) is 0 Å². The van der Waals surface area contributed by atoms with E-state index in [4.69, 9.17) is 5.11 Å². The average Bonchev–Trinajstić information content (AvgIpc) is 2.17. The summed E-state index contributed by atoms with van der Waals surface area (Å²) < 4.78 is 0. The third kappa shape index (κ3) is 2.52. The van der Waals surface area contributed by atoms with Crippen molar-refractivity contribution in [2.24, 2.45) is 0 Å². The monoisotopic (exact) mass is 209 g/mol. The molecule has 0 bridgehead atoms. The maximum atomic E-state index is 10.8. The van der Waals surface area contributed by atoms with Gasteiger partial charge in [-0.15, -0.1) is 0 Å². The molecule has 0 atom stereocenters. The number of aromatic carboxylic acids is 1. The fourth-order valence-electron chi connectivity index (χ4n) is 1.38. The minimum absolute atomic E-state index is 0.0662. The summed E-state index contributed by atoms with van der Waals surface area (Å²) in [5, 5.41) is 19.3. The van der Waals surface area contributed by atoms with E-state index in [0.29, 0.717) is 12.0 Å². The quantitative estimate of drug-likeness (QED) is 0.609. The fourth-order valence-corrected chi connectivity index (χ4v) is 1.38. The minimum atomic E-state index is -1.05. The zero-order valence-electron chi connectivity index (χ0n) is 8.27. The third-order valence-electron chi connectivity index (χ3n) is 2.05. The lowest BCUT2D eigenvalue weighted by atomic mass is 10.0. The number of aryl methyl sites for hydroxylation is 1. The van der Waals surface area contributed by atoms with Crippen molar-refractivity contribution in [3.05, 3.63) is 39.4 Å². The smallest absolute Gasteiger partial charge is 0.335 e. The third-order valence-corrected chi connectivity index (χ3v) is 2.05. The van der Waals surface area contributed by atoms with Crippen molar-refractivity contribution in [1.29, 1.82) is 0 Å². The standard InChI is InChI=1S/C10H11NO4/c1-2-3-7-6-8(11(14)15)4-5-9(7)10(12)13/h4-6H,2-3H2,1H3,(H,12,13). The van der Waals surface area contributed by atoms with Gasteiger partial charge in [-0.05, 0) is 18.1 Å². The maximum absolute atomic E-state index is 10.8. The maximum Gasteiger partial charge on any atom is 0.335 e. The molecule has 5 heteroatoms. The molecule has 0 aliphatic rings. The number of hydrogen-bond acceptors (Lipinski definition) is 3. The van der Waals surface area contributed by atoms with Crippen molar-refractivity contribution in [2.45, 2.75) is 19.8 Å². The van der Waals surface area contributed by atoms with Crippen LogP contribution in [0, 0.1) is 10.1 Å². The molecule has 0 heterocycles. The number of carboxylic acids is 1. The van der Waals surface area contributed by atoms with Crippen LogP contribution in [0.1, 0.15) is 29.3 Å². The van der Waals surface area contributed by atoms with Gasteiger partial charge < -0.3 is 5.11 Å². The van der Waals surface area contributed by atoms with Gasteiger partial charge in [-0.2, -0.15) is 0 Å². The van der Waals surface area contributed by atoms with Crippen LogP contribution in [0.5, 0.6) is 0 Å². The van der Waals surface area contributed by atoms with E-state index in [9.17, 15) is 14.9 Å². The zero-order chi connectivity index (χ0) is 11.4. The Balaban J connectivity index is 3.20. The number of hydrogen-bond donors (Lipinski definition) is 1. The van der Waals surface area contributed by atoms with Gasteiger partial charge in [-0.25, -0.2) is 4.79 Å². The highest BCUT2D eigenvalue weighted by molar-refractivity contribution is 5.89. The summed E-state index contributed by atoms with van der Waals surface area (Å²) in [5.41, 5.74) is 0.588. The summed E-state index contributed by atoms with van der Waals surface area (Å²) in [7, 11) is 0. The zero-order valence-corrected chi connectivity index (χ0v) is 8.27. The Labute approximate surface area is 86.5 Å². The van der Waals surface area contributed by atoms with Crippen molar-refractivity contribution in [3.63, 3.8) is 0 Å². The summed E-state index contributed by atoms with van der Waals surface area (Å²) in [5.74, 6) is -1.05. The Kier molecular flexibility index (Phi) is 3.38. The molecule has 0 saturated carbocycles. The van der Waals surface area contributed by atoms with Gasteiger partial charge in [0.2, 0.25) is 0 Å². The van der Waals surface area contributed by atoms with Gasteiger partial charge in [-0.1, -0.05) is 13.3 Å². The van der Waals surface area contributed by atoms with E-state index < -0.39 is 10.9 Å². The molecule has 0 amide bonds. The molecule has 0 aliphatic carbocycles. The fraction of sp³-hybridized carbons (Fsp3) is 0.300. The lowest BCUT2D eigenvalue weighted by molar-refractivity contribution is -0.384. The number of nitro benzene ring substituents is 1. The van der Waals surface area contributed by atoms with Crippen molar-refractivity contribution >= 4 is 11.7 Å². The number of carbonyl (C=O) groups is 1. The predicted molar refractivity (Wildman–Crippen MR) is 54.1 cm³/mol. The summed E-state index contributed by atoms with van der Waals surface area (Å²) in [6, 6.07) is 3.82. The van der Waals surface area contributed by atoms with Crippen LogP contribution in [0.15, 0.2) is 18.2 Å². The van der Waals surface area contributed by atoms with Crippen molar-refractivity contribution in [1.82, 2.24) is 0 Å². The van der Waals surface area contributed by atoms with Crippen LogP contribution in [-0.4, -0.2) is 16.0 Å². The van der Waals surface area contributed by atoms with Gasteiger partial charge in [0.25, 0.3) is 5.69 Å². The summed E-state index contributed by atoms with van der Waals surface area (Å²) in [4.78, 5) is 20.8. The lowest BCUT2D eigenvalue weighted by Gasteiger charge is -2.03. The first-order valence-electron chi connectivity index (χ1n) is 4.57. The van der Waals surface area contributed by atoms with Gasteiger partial charge in [0, 0.05) is 12.1 Å². The first kappa shape index (κ1) is 11.2. The molecule has 0 aromatic heterocycles. The second kappa shape index (κ2) is 4.54. The van der Waals surface area contributed by atoms with Gasteiger partial charge in [-0.3, -0.25) is 10.1 Å². The number of non-ortho nitro benzene ring substituents is 1. The number of carboxylic acid groups (broad SMARTS) is 1. The SMILES string of the molecule is CCCc1cc([N+](=O)[O-])ccc1C(=O)O. The number of rotatable bonds is 4. The molecule has 5 nitrogen and oxygen atoms in total. The molecular weight excluding hydrogens is 198 g/mol. The van der Waals surface area contributed by atoms with Crippen LogP contribution >= 0.6 is 0 Å². The highest BCUT2D eigenvalue weighted by atomic mass is 16.6. The Bertz CT molecular complexity index is 400. The minimum Gasteiger partial charge on any atom is -0.478 e. The highest BCUT2D eigenvalue weighted by Gasteiger charge is 2.14. The first-order valence-corrected chi connectivity index (χ1v) is 4.57. The van der Waals surface area contributed by atoms with Crippen molar-refractivity contribution in [3.8, 4) is 0 Å². The molecule has 1 aromatic carbocycles. The van der Waals surface area contributed by atoms with Gasteiger partial charge >= 0.3 is 5.97 Å². The molecule has 0 fully saturated rings. The van der Waals surface area contributed by atoms with E-state index in [1.807, 2.05) is 6.92 Å². The second-order valence-electron chi connectivity index (χ2n) is 3.15. The number of nitrogens with zero attached hydrogens (tertiary/aromatic N) is 1. The molecule has 0 spiro atoms. The van der Waals surface area contributed by atoms with Gasteiger partial charge in [0.15, 0.2) is 0 Å². The number of benzene rings is 1. The Morgan fingerprint density at radius 2 is 2.20 bits per heavy atom. The van der Waals surface area contributed by atoms with E-state index >= 15 is 0 Å². The van der Waals surface area contributed by atoms with Crippen LogP contribution in [0.3, 0.4) is 0 Å². The molecule has 80 valence electrons. The van der Waals surface area contributed by atoms with Crippen LogP contribution in [-0.2, 0) is 6.42 Å². The molecule has 0 radical (unpaired) electrons. The van der Waals surface area contributed by atoms with Crippen molar-refractivity contribution in [2.75, 3.05) is 0 Å². The van der Waals surface area contributed by atoms with E-state index in [1.54, 1.807) is 0 Å². The second-order valence-corrected chi connectivity index (χ2v) is 3.15. The topological polar surface area (TPSA) is 80.4 Å². The largest absolute Gasteiger partial charge is 0.478 e. The van der Waals surface area contributed by atoms with Crippen LogP contribution in [0.2, 0.25) is 0 Å². The lowest BCUT2D eigenvalue weighted by Crippen LogP contribution is -2.03. The van der Waals surface area contributed by atoms with Crippen LogP contribution < -0.4 is 0 Å². The Morgan fingerprint density at radius 3 is 2.67 bits per heavy atom. The molecule has 0 unspecified atom stereocenters. The summed E-state index contributed by atoms with van der Waals surface area (Å²) in [6.07, 6.45) is 1.28. The van der Waals surface area contributed by atoms with Crippen LogP contribution in [0.25, 0.3) is 0 Å². The summed E-state index contributed by atoms with van der Waals surface area (Å²) in [6.45, 7) is 1.89. The van der Waals surface area contributed by atoms with Gasteiger partial charge in [0.05, 0.1) is 10.5 Å². The van der Waals surface area contributed by atoms with Gasteiger partial charge in [0.1, 0.15) is 0 Å². The molecule has 1 aromatic rings. The molecule has 1 N–H and O–H groups in total. The van der Waals surface area contributed by atoms with E-state index in [-0.39, 0.29) is 11.3 Å². The summed E-state index contributed by atoms with van der Waals surface area (Å²) >= 11 is 0.